The summed E-state index contributed by atoms with van der Waals surface area (Å²) in [6.07, 6.45) is 1.96. The average Bonchev–Trinajstić information content (AvgIpc) is 3.47. The van der Waals surface area contributed by atoms with E-state index in [4.69, 9.17) is 9.47 Å². The van der Waals surface area contributed by atoms with Crippen LogP contribution in [0.15, 0.2) is 40.6 Å². The summed E-state index contributed by atoms with van der Waals surface area (Å²) in [4.78, 5) is 16.6. The first kappa shape index (κ1) is 24.2. The van der Waals surface area contributed by atoms with Gasteiger partial charge >= 0.3 is 0 Å². The van der Waals surface area contributed by atoms with E-state index < -0.39 is 10.0 Å². The Hall–Kier alpha value is -1.98. The summed E-state index contributed by atoms with van der Waals surface area (Å²) >= 11 is 1.71. The second kappa shape index (κ2) is 10.5. The third-order valence-corrected chi connectivity index (χ3v) is 8.65. The predicted octanol–water partition coefficient (Wildman–Crippen LogP) is 3.33. The SMILES string of the molecule is CC(C)Oc1ccc(S(=O)(=O)N2CCOCC2)cc1NC(=O)CN1CCC[C@H]1c1cccs1. The number of anilines is 1. The fraction of sp³-hybridized carbons (Fsp3) is 0.522. The molecular formula is C23H31N3O5S2. The number of nitrogens with one attached hydrogen (secondary N) is 1. The first-order chi connectivity index (χ1) is 15.8. The molecule has 10 heteroatoms. The van der Waals surface area contributed by atoms with E-state index in [1.54, 1.807) is 17.4 Å². The van der Waals surface area contributed by atoms with Gasteiger partial charge in [0, 0.05) is 24.0 Å². The third-order valence-electron chi connectivity index (χ3n) is 5.78. The van der Waals surface area contributed by atoms with E-state index in [1.807, 2.05) is 19.9 Å². The molecule has 8 nitrogen and oxygen atoms in total. The van der Waals surface area contributed by atoms with Crippen molar-refractivity contribution in [3.63, 3.8) is 0 Å². The molecule has 2 fully saturated rings. The number of amides is 1. The number of sulfonamides is 1. The molecule has 1 aromatic heterocycles. The van der Waals surface area contributed by atoms with E-state index in [2.05, 4.69) is 21.7 Å². The van der Waals surface area contributed by atoms with Gasteiger partial charge in [0.15, 0.2) is 0 Å². The third kappa shape index (κ3) is 5.75. The molecule has 2 aromatic rings. The minimum absolute atomic E-state index is 0.121. The molecule has 1 N–H and O–H groups in total. The Labute approximate surface area is 199 Å². The molecule has 0 saturated carbocycles. The van der Waals surface area contributed by atoms with Gasteiger partial charge in [-0.15, -0.1) is 11.3 Å². The van der Waals surface area contributed by atoms with Crippen LogP contribution in [-0.2, 0) is 19.6 Å². The highest BCUT2D eigenvalue weighted by molar-refractivity contribution is 7.89. The summed E-state index contributed by atoms with van der Waals surface area (Å²) in [7, 11) is -3.69. The van der Waals surface area contributed by atoms with Crippen molar-refractivity contribution in [3.05, 3.63) is 40.6 Å². The number of benzene rings is 1. The largest absolute Gasteiger partial charge is 0.489 e. The molecule has 1 aromatic carbocycles. The maximum atomic E-state index is 13.1. The summed E-state index contributed by atoms with van der Waals surface area (Å²) in [5.41, 5.74) is 0.370. The Morgan fingerprint density at radius 3 is 2.73 bits per heavy atom. The van der Waals surface area contributed by atoms with E-state index in [0.29, 0.717) is 37.7 Å². The van der Waals surface area contributed by atoms with Crippen molar-refractivity contribution in [2.75, 3.05) is 44.7 Å². The lowest BCUT2D eigenvalue weighted by molar-refractivity contribution is -0.117. The summed E-state index contributed by atoms with van der Waals surface area (Å²) in [6.45, 7) is 6.25. The first-order valence-corrected chi connectivity index (χ1v) is 13.6. The van der Waals surface area contributed by atoms with Crippen molar-refractivity contribution < 1.29 is 22.7 Å². The number of rotatable bonds is 8. The number of hydrogen-bond acceptors (Lipinski definition) is 7. The van der Waals surface area contributed by atoms with E-state index in [0.717, 1.165) is 19.4 Å². The van der Waals surface area contributed by atoms with E-state index in [9.17, 15) is 13.2 Å². The number of nitrogens with zero attached hydrogens (tertiary/aromatic N) is 2. The van der Waals surface area contributed by atoms with Crippen LogP contribution in [0.5, 0.6) is 5.75 Å². The van der Waals surface area contributed by atoms with Crippen molar-refractivity contribution in [2.45, 2.75) is 43.7 Å². The summed E-state index contributed by atoms with van der Waals surface area (Å²) < 4.78 is 38.8. The lowest BCUT2D eigenvalue weighted by Crippen LogP contribution is -2.40. The van der Waals surface area contributed by atoms with Crippen LogP contribution >= 0.6 is 11.3 Å². The molecule has 2 aliphatic rings. The molecule has 0 aliphatic carbocycles. The molecule has 1 amide bonds. The Kier molecular flexibility index (Phi) is 7.70. The van der Waals surface area contributed by atoms with E-state index >= 15 is 0 Å². The number of thiophene rings is 1. The van der Waals surface area contributed by atoms with Crippen LogP contribution in [0, 0.1) is 0 Å². The van der Waals surface area contributed by atoms with Crippen LogP contribution in [0.2, 0.25) is 0 Å². The fourth-order valence-corrected chi connectivity index (χ4v) is 6.58. The molecule has 180 valence electrons. The quantitative estimate of drug-likeness (QED) is 0.607. The second-order valence-corrected chi connectivity index (χ2v) is 11.5. The van der Waals surface area contributed by atoms with Gasteiger partial charge in [-0.2, -0.15) is 4.31 Å². The average molecular weight is 494 g/mol. The van der Waals surface area contributed by atoms with Gasteiger partial charge in [-0.3, -0.25) is 9.69 Å². The van der Waals surface area contributed by atoms with Crippen molar-refractivity contribution in [1.82, 2.24) is 9.21 Å². The molecule has 0 spiro atoms. The van der Waals surface area contributed by atoms with Crippen molar-refractivity contribution in [1.29, 1.82) is 0 Å². The molecule has 2 aliphatic heterocycles. The second-order valence-electron chi connectivity index (χ2n) is 8.53. The number of likely N-dealkylation sites (tertiary alicyclic amines) is 1. The molecule has 2 saturated heterocycles. The zero-order valence-corrected chi connectivity index (χ0v) is 20.7. The number of morpholine rings is 1. The Balaban J connectivity index is 1.53. The highest BCUT2D eigenvalue weighted by Crippen LogP contribution is 2.35. The summed E-state index contributed by atoms with van der Waals surface area (Å²) in [5, 5.41) is 4.97. The molecule has 3 heterocycles. The maximum absolute atomic E-state index is 13.1. The number of carbonyl (C=O) groups excluding carboxylic acids is 1. The molecule has 0 unspecified atom stereocenters. The minimum atomic E-state index is -3.69. The number of hydrogen-bond donors (Lipinski definition) is 1. The van der Waals surface area contributed by atoms with Gasteiger partial charge in [-0.1, -0.05) is 6.07 Å². The smallest absolute Gasteiger partial charge is 0.243 e. The Bertz CT molecular complexity index is 1050. The first-order valence-electron chi connectivity index (χ1n) is 11.3. The molecule has 0 bridgehead atoms. The monoisotopic (exact) mass is 493 g/mol. The molecular weight excluding hydrogens is 462 g/mol. The highest BCUT2D eigenvalue weighted by Gasteiger charge is 2.30. The van der Waals surface area contributed by atoms with Gasteiger partial charge in [0.2, 0.25) is 15.9 Å². The summed E-state index contributed by atoms with van der Waals surface area (Å²) in [5.74, 6) is 0.267. The summed E-state index contributed by atoms with van der Waals surface area (Å²) in [6, 6.07) is 9.04. The van der Waals surface area contributed by atoms with Gasteiger partial charge in [0.05, 0.1) is 36.4 Å². The van der Waals surface area contributed by atoms with Crippen molar-refractivity contribution >= 4 is 33.0 Å². The lowest BCUT2D eigenvalue weighted by Gasteiger charge is -2.26. The van der Waals surface area contributed by atoms with Gasteiger partial charge in [0.25, 0.3) is 0 Å². The van der Waals surface area contributed by atoms with E-state index in [1.165, 1.54) is 21.3 Å². The predicted molar refractivity (Wildman–Crippen MR) is 128 cm³/mol. The maximum Gasteiger partial charge on any atom is 0.243 e. The van der Waals surface area contributed by atoms with Gasteiger partial charge in [-0.05, 0) is 62.9 Å². The number of carbonyl (C=O) groups is 1. The van der Waals surface area contributed by atoms with Crippen molar-refractivity contribution in [2.24, 2.45) is 0 Å². The van der Waals surface area contributed by atoms with Gasteiger partial charge < -0.3 is 14.8 Å². The highest BCUT2D eigenvalue weighted by atomic mass is 32.2. The molecule has 0 radical (unpaired) electrons. The van der Waals surface area contributed by atoms with Crippen LogP contribution in [0.1, 0.15) is 37.6 Å². The Morgan fingerprint density at radius 1 is 1.24 bits per heavy atom. The van der Waals surface area contributed by atoms with Crippen LogP contribution in [0.4, 0.5) is 5.69 Å². The van der Waals surface area contributed by atoms with E-state index in [-0.39, 0.29) is 29.5 Å². The molecule has 4 rings (SSSR count). The topological polar surface area (TPSA) is 88.2 Å². The lowest BCUT2D eigenvalue weighted by atomic mass is 10.2. The van der Waals surface area contributed by atoms with Crippen molar-refractivity contribution in [3.8, 4) is 5.75 Å². The minimum Gasteiger partial charge on any atom is -0.489 e. The van der Waals surface area contributed by atoms with Gasteiger partial charge in [0.1, 0.15) is 5.75 Å². The van der Waals surface area contributed by atoms with Crippen LogP contribution in [-0.4, -0.2) is 69.0 Å². The van der Waals surface area contributed by atoms with Crippen LogP contribution < -0.4 is 10.1 Å². The van der Waals surface area contributed by atoms with Crippen LogP contribution in [0.3, 0.4) is 0 Å². The molecule has 1 atom stereocenters. The normalized spacial score (nSPS) is 20.3. The van der Waals surface area contributed by atoms with Crippen LogP contribution in [0.25, 0.3) is 0 Å². The Morgan fingerprint density at radius 2 is 2.03 bits per heavy atom. The van der Waals surface area contributed by atoms with Gasteiger partial charge in [-0.25, -0.2) is 8.42 Å². The zero-order chi connectivity index (χ0) is 23.4. The standard InChI is InChI=1S/C23H31N3O5S2/c1-17(2)31-21-8-7-18(33(28,29)26-10-12-30-13-11-26)15-19(21)24-23(27)16-25-9-3-5-20(25)22-6-4-14-32-22/h4,6-8,14-15,17,20H,3,5,9-13,16H2,1-2H3,(H,24,27)/t20-/m0/s1. The zero-order valence-electron chi connectivity index (χ0n) is 19.0. The number of ether oxygens (including phenoxy) is 2. The molecule has 33 heavy (non-hydrogen) atoms. The fourth-order valence-electron chi connectivity index (χ4n) is 4.25.